The van der Waals surface area contributed by atoms with E-state index in [1.807, 2.05) is 25.1 Å². The van der Waals surface area contributed by atoms with E-state index in [9.17, 15) is 13.6 Å². The predicted octanol–water partition coefficient (Wildman–Crippen LogP) is 4.87. The van der Waals surface area contributed by atoms with Crippen LogP contribution in [-0.4, -0.2) is 39.7 Å². The Balaban J connectivity index is 1.51. The fraction of sp³-hybridized carbons (Fsp3) is 0.435. The molecule has 0 spiro atoms. The number of methoxy groups -OCH3 is 2. The van der Waals surface area contributed by atoms with Crippen LogP contribution in [0.4, 0.5) is 14.5 Å². The first-order valence-electron chi connectivity index (χ1n) is 10.8. The van der Waals surface area contributed by atoms with Gasteiger partial charge in [-0.25, -0.2) is 8.78 Å². The van der Waals surface area contributed by atoms with Crippen LogP contribution in [0.15, 0.2) is 18.2 Å². The quantitative estimate of drug-likeness (QED) is 0.460. The molecule has 0 atom stereocenters. The van der Waals surface area contributed by atoms with Crippen LogP contribution < -0.4 is 14.8 Å². The maximum Gasteiger partial charge on any atom is 0.283 e. The summed E-state index contributed by atoms with van der Waals surface area (Å²) in [6.45, 7) is 3.90. The first-order valence-corrected chi connectivity index (χ1v) is 11.2. The number of alkyl halides is 2. The second kappa shape index (κ2) is 9.61. The highest BCUT2D eigenvalue weighted by molar-refractivity contribution is 6.32. The number of aryl methyl sites for hydroxylation is 1. The lowest BCUT2D eigenvalue weighted by Crippen LogP contribution is -2.21. The lowest BCUT2D eigenvalue weighted by atomic mass is 10.2. The van der Waals surface area contributed by atoms with Gasteiger partial charge in [-0.1, -0.05) is 17.7 Å². The van der Waals surface area contributed by atoms with Crippen molar-refractivity contribution in [3.63, 3.8) is 0 Å². The van der Waals surface area contributed by atoms with Crippen LogP contribution in [0.1, 0.15) is 53.5 Å². The summed E-state index contributed by atoms with van der Waals surface area (Å²) in [7, 11) is 3.15. The van der Waals surface area contributed by atoms with Crippen LogP contribution in [0.2, 0.25) is 5.02 Å². The van der Waals surface area contributed by atoms with Crippen molar-refractivity contribution in [3.05, 3.63) is 51.6 Å². The van der Waals surface area contributed by atoms with E-state index in [0.29, 0.717) is 35.1 Å². The number of amides is 1. The number of carbonyl (C=O) groups excluding carboxylic acids is 1. The molecular formula is C23H26ClF2N5O3. The van der Waals surface area contributed by atoms with E-state index in [0.717, 1.165) is 24.1 Å². The SMILES string of the molecule is COc1ccc(Cn2nc(C)c(NC(=O)Cn3nc(C(F)F)c(Cl)c3C3CC3)c2C)cc1OC. The molecule has 1 aliphatic carbocycles. The third-order valence-electron chi connectivity index (χ3n) is 5.85. The van der Waals surface area contributed by atoms with Crippen LogP contribution in [0.25, 0.3) is 0 Å². The zero-order chi connectivity index (χ0) is 24.6. The third kappa shape index (κ3) is 4.72. The number of benzene rings is 1. The number of hydrogen-bond donors (Lipinski definition) is 1. The van der Waals surface area contributed by atoms with E-state index in [1.165, 1.54) is 4.68 Å². The summed E-state index contributed by atoms with van der Waals surface area (Å²) in [5.41, 5.74) is 2.94. The molecule has 3 aromatic rings. The molecule has 4 rings (SSSR count). The second-order valence-electron chi connectivity index (χ2n) is 8.26. The van der Waals surface area contributed by atoms with E-state index in [-0.39, 0.29) is 17.5 Å². The summed E-state index contributed by atoms with van der Waals surface area (Å²) < 4.78 is 40.3. The molecule has 0 bridgehead atoms. The average molecular weight is 494 g/mol. The van der Waals surface area contributed by atoms with E-state index in [1.54, 1.807) is 25.8 Å². The molecule has 1 amide bonds. The Morgan fingerprint density at radius 3 is 2.50 bits per heavy atom. The molecule has 2 aromatic heterocycles. The lowest BCUT2D eigenvalue weighted by molar-refractivity contribution is -0.117. The van der Waals surface area contributed by atoms with Crippen molar-refractivity contribution in [1.29, 1.82) is 0 Å². The summed E-state index contributed by atoms with van der Waals surface area (Å²) in [4.78, 5) is 12.8. The fourth-order valence-corrected chi connectivity index (χ4v) is 4.35. The average Bonchev–Trinajstić information content (AvgIpc) is 3.54. The third-order valence-corrected chi connectivity index (χ3v) is 6.23. The molecular weight excluding hydrogens is 468 g/mol. The van der Waals surface area contributed by atoms with Gasteiger partial charge in [0.2, 0.25) is 5.91 Å². The van der Waals surface area contributed by atoms with E-state index in [2.05, 4.69) is 15.5 Å². The number of anilines is 1. The second-order valence-corrected chi connectivity index (χ2v) is 8.64. The molecule has 11 heteroatoms. The van der Waals surface area contributed by atoms with Crippen LogP contribution in [0.5, 0.6) is 11.5 Å². The zero-order valence-corrected chi connectivity index (χ0v) is 20.1. The summed E-state index contributed by atoms with van der Waals surface area (Å²) in [5, 5.41) is 11.3. The highest BCUT2D eigenvalue weighted by Gasteiger charge is 2.34. The maximum atomic E-state index is 13.3. The molecule has 34 heavy (non-hydrogen) atoms. The predicted molar refractivity (Wildman–Crippen MR) is 123 cm³/mol. The molecule has 1 aromatic carbocycles. The first-order chi connectivity index (χ1) is 16.2. The number of carbonyl (C=O) groups is 1. The van der Waals surface area contributed by atoms with Gasteiger partial charge in [-0.2, -0.15) is 10.2 Å². The largest absolute Gasteiger partial charge is 0.493 e. The number of aromatic nitrogens is 4. The Labute approximate surface area is 200 Å². The topological polar surface area (TPSA) is 83.2 Å². The molecule has 1 aliphatic rings. The molecule has 1 saturated carbocycles. The Morgan fingerprint density at radius 2 is 1.88 bits per heavy atom. The van der Waals surface area contributed by atoms with Crippen molar-refractivity contribution >= 4 is 23.2 Å². The molecule has 0 saturated heterocycles. The number of nitrogens with one attached hydrogen (secondary N) is 1. The highest BCUT2D eigenvalue weighted by atomic mass is 35.5. The van der Waals surface area contributed by atoms with Crippen molar-refractivity contribution in [3.8, 4) is 11.5 Å². The van der Waals surface area contributed by atoms with Crippen LogP contribution >= 0.6 is 11.6 Å². The Kier molecular flexibility index (Phi) is 6.79. The minimum Gasteiger partial charge on any atom is -0.493 e. The van der Waals surface area contributed by atoms with Crippen LogP contribution in [-0.2, 0) is 17.9 Å². The van der Waals surface area contributed by atoms with Crippen LogP contribution in [0.3, 0.4) is 0 Å². The zero-order valence-electron chi connectivity index (χ0n) is 19.4. The molecule has 0 unspecified atom stereocenters. The normalized spacial score (nSPS) is 13.4. The van der Waals surface area contributed by atoms with E-state index in [4.69, 9.17) is 21.1 Å². The van der Waals surface area contributed by atoms with Gasteiger partial charge in [0, 0.05) is 5.92 Å². The Hall–Kier alpha value is -3.14. The maximum absolute atomic E-state index is 13.3. The molecule has 1 fully saturated rings. The van der Waals surface area contributed by atoms with E-state index >= 15 is 0 Å². The first kappa shape index (κ1) is 24.0. The lowest BCUT2D eigenvalue weighted by Gasteiger charge is -2.11. The van der Waals surface area contributed by atoms with Crippen molar-refractivity contribution < 1.29 is 23.0 Å². The summed E-state index contributed by atoms with van der Waals surface area (Å²) >= 11 is 6.15. The van der Waals surface area contributed by atoms with Crippen molar-refractivity contribution in [2.45, 2.75) is 52.1 Å². The van der Waals surface area contributed by atoms with Gasteiger partial charge in [0.25, 0.3) is 6.43 Å². The molecule has 0 aliphatic heterocycles. The van der Waals surface area contributed by atoms with Gasteiger partial charge in [-0.3, -0.25) is 14.2 Å². The Bertz CT molecular complexity index is 1220. The highest BCUT2D eigenvalue weighted by Crippen LogP contribution is 2.45. The molecule has 182 valence electrons. The van der Waals surface area contributed by atoms with Gasteiger partial charge in [-0.15, -0.1) is 0 Å². The van der Waals surface area contributed by atoms with Gasteiger partial charge in [0.1, 0.15) is 12.2 Å². The number of rotatable bonds is 9. The van der Waals surface area contributed by atoms with Crippen molar-refractivity contribution in [2.24, 2.45) is 0 Å². The van der Waals surface area contributed by atoms with Gasteiger partial charge in [0.15, 0.2) is 11.5 Å². The van der Waals surface area contributed by atoms with Crippen molar-refractivity contribution in [2.75, 3.05) is 19.5 Å². The van der Waals surface area contributed by atoms with Gasteiger partial charge in [0.05, 0.1) is 48.6 Å². The fourth-order valence-electron chi connectivity index (χ4n) is 3.98. The standard InChI is InChI=1S/C23H26ClF2N5O3/c1-12-20(13(2)30(28-12)10-14-5-8-16(33-3)17(9-14)34-4)27-18(32)11-31-22(15-6-7-15)19(24)21(29-31)23(25)26/h5,8-9,15,23H,6-7,10-11H2,1-4H3,(H,27,32). The van der Waals surface area contributed by atoms with Gasteiger partial charge >= 0.3 is 0 Å². The Morgan fingerprint density at radius 1 is 1.18 bits per heavy atom. The van der Waals surface area contributed by atoms with Gasteiger partial charge in [-0.05, 0) is 44.4 Å². The minimum atomic E-state index is -2.80. The number of ether oxygens (including phenoxy) is 2. The molecule has 8 nitrogen and oxygen atoms in total. The number of nitrogens with zero attached hydrogens (tertiary/aromatic N) is 4. The smallest absolute Gasteiger partial charge is 0.283 e. The van der Waals surface area contributed by atoms with E-state index < -0.39 is 18.0 Å². The summed E-state index contributed by atoms with van der Waals surface area (Å²) in [6.07, 6.45) is -1.11. The number of hydrogen-bond acceptors (Lipinski definition) is 5. The van der Waals surface area contributed by atoms with Gasteiger partial charge < -0.3 is 14.8 Å². The van der Waals surface area contributed by atoms with Crippen LogP contribution in [0, 0.1) is 13.8 Å². The van der Waals surface area contributed by atoms with Crippen molar-refractivity contribution in [1.82, 2.24) is 19.6 Å². The molecule has 2 heterocycles. The summed E-state index contributed by atoms with van der Waals surface area (Å²) in [6, 6.07) is 5.61. The molecule has 0 radical (unpaired) electrons. The molecule has 1 N–H and O–H groups in total. The summed E-state index contributed by atoms with van der Waals surface area (Å²) in [5.74, 6) is 0.918. The minimum absolute atomic E-state index is 0.0413. The monoisotopic (exact) mass is 493 g/mol. The number of halogens is 3.